The third kappa shape index (κ3) is 15.3. The highest BCUT2D eigenvalue weighted by molar-refractivity contribution is 6.38. The third-order valence-electron chi connectivity index (χ3n) is 23.9. The van der Waals surface area contributed by atoms with Crippen LogP contribution in [0.5, 0.6) is 23.0 Å². The maximum absolute atomic E-state index is 16.5. The van der Waals surface area contributed by atoms with Gasteiger partial charge in [0, 0.05) is 77.5 Å². The molecule has 3 aromatic carbocycles. The van der Waals surface area contributed by atoms with Gasteiger partial charge in [-0.3, -0.25) is 29.3 Å². The first-order chi connectivity index (χ1) is 61.8. The Morgan fingerprint density at radius 1 is 0.527 bits per heavy atom. The standard InChI is InChI=1S/C32H28Cl2FN7O3.C30H29F2N7O3.C30H28F2N6O4/c1-5-22(43)40-13-14-41-21(20(40)9-11-36)15-45-29-24-30(41)39-32(44)42(28-17(4)10-12-37-26(28)16(2)3)31(24)38-27(25(29)34)23-18(33)7-6-8-19(23)35;1-5-20(41)37-11-12-38-17(14-37)13-34-25-22-28(38)36-30(42)39(27-16(4)9-10-33-24(27)15(2)3)29(22)35-26(23(25)32)21-18(31)7-6-8-19(21)40;1-5-20(40)36-11-12-37-17(13-36)14-42-27-22-28(37)35-30(41)38(26-16(4)9-10-33-24(26)15(2)3)29(22)34-25(23(27)32)21-18(31)7-6-8-19(21)39/h5-8,10,12,16,20-21H,1,9,13-15H2,2-4H3;5-10,15,17,34,40H,1,11-14H2,2-4H3;5-10,15,17,39H,1,11-14H2,2-4H3. The average Bonchev–Trinajstić information content (AvgIpc) is 1.71. The number of rotatable bonds is 13. The fourth-order valence-electron chi connectivity index (χ4n) is 17.8. The van der Waals surface area contributed by atoms with E-state index in [9.17, 15) is 44.2 Å². The van der Waals surface area contributed by atoms with Crippen molar-refractivity contribution in [3.05, 3.63) is 234 Å². The summed E-state index contributed by atoms with van der Waals surface area (Å²) in [6.07, 6.45) is 8.62. The van der Waals surface area contributed by atoms with E-state index in [0.717, 1.165) is 17.7 Å². The fourth-order valence-corrected chi connectivity index (χ4v) is 18.3. The molecule has 662 valence electrons. The molecule has 4 atom stereocenters. The van der Waals surface area contributed by atoms with Crippen molar-refractivity contribution in [2.45, 2.75) is 111 Å². The molecular weight excluding hydrogens is 1710 g/mol. The van der Waals surface area contributed by atoms with Gasteiger partial charge in [-0.25, -0.2) is 65.0 Å². The first-order valence-corrected chi connectivity index (χ1v) is 42.3. The first kappa shape index (κ1) is 88.2. The van der Waals surface area contributed by atoms with Crippen LogP contribution in [0, 0.1) is 61.2 Å². The number of halogens is 7. The number of anilines is 4. The van der Waals surface area contributed by atoms with Crippen LogP contribution in [-0.4, -0.2) is 197 Å². The van der Waals surface area contributed by atoms with Crippen LogP contribution in [0.25, 0.3) is 83.9 Å². The molecule has 3 fully saturated rings. The van der Waals surface area contributed by atoms with Crippen LogP contribution in [0.15, 0.2) is 144 Å². The average molecular weight is 1800 g/mol. The first-order valence-electron chi connectivity index (χ1n) is 41.5. The number of amides is 3. The molecule has 0 spiro atoms. The van der Waals surface area contributed by atoms with E-state index in [0.29, 0.717) is 76.8 Å². The van der Waals surface area contributed by atoms with Gasteiger partial charge in [-0.2, -0.15) is 20.2 Å². The second kappa shape index (κ2) is 35.2. The number of pyridine rings is 6. The maximum atomic E-state index is 16.5. The lowest BCUT2D eigenvalue weighted by Crippen LogP contribution is -2.62. The lowest BCUT2D eigenvalue weighted by atomic mass is 9.98. The smallest absolute Gasteiger partial charge is 0.355 e. The molecule has 129 heavy (non-hydrogen) atoms. The maximum Gasteiger partial charge on any atom is 0.355 e. The van der Waals surface area contributed by atoms with Gasteiger partial charge in [0.15, 0.2) is 40.1 Å². The van der Waals surface area contributed by atoms with Crippen LogP contribution < -0.4 is 46.6 Å². The number of ether oxygens (including phenoxy) is 2. The molecule has 4 unspecified atom stereocenters. The Hall–Kier alpha value is -14.3. The number of hydrogen-bond acceptors (Lipinski definition) is 24. The van der Waals surface area contributed by atoms with Gasteiger partial charge < -0.3 is 54.4 Å². The molecule has 15 heterocycles. The van der Waals surface area contributed by atoms with Crippen molar-refractivity contribution < 1.29 is 56.0 Å². The molecule has 6 aliphatic rings. The summed E-state index contributed by atoms with van der Waals surface area (Å²) in [6.45, 7) is 30.3. The number of aromatic nitrogens is 12. The normalized spacial score (nSPS) is 16.7. The summed E-state index contributed by atoms with van der Waals surface area (Å²) < 4.78 is 94.9. The minimum atomic E-state index is -1.01. The lowest BCUT2D eigenvalue weighted by Gasteiger charge is -2.46. The van der Waals surface area contributed by atoms with Gasteiger partial charge in [0.25, 0.3) is 0 Å². The zero-order valence-corrected chi connectivity index (χ0v) is 72.9. The number of nitrogens with one attached hydrogen (secondary N) is 1. The highest BCUT2D eigenvalue weighted by Gasteiger charge is 2.46. The van der Waals surface area contributed by atoms with Gasteiger partial charge in [0.1, 0.15) is 86.8 Å². The van der Waals surface area contributed by atoms with E-state index >= 15 is 22.0 Å². The second-order valence-corrected chi connectivity index (χ2v) is 33.4. The Bertz CT molecular complexity index is 6640. The van der Waals surface area contributed by atoms with Gasteiger partial charge >= 0.3 is 17.1 Å². The molecule has 0 bridgehead atoms. The molecular formula is C92H85Cl2F5N20O10. The molecule has 0 saturated carbocycles. The number of fused-ring (bicyclic) bond motifs is 6. The highest BCUT2D eigenvalue weighted by Crippen LogP contribution is 2.50. The molecule has 18 rings (SSSR count). The Labute approximate surface area is 744 Å². The number of nitrogens with zero attached hydrogens (tertiary/aromatic N) is 19. The summed E-state index contributed by atoms with van der Waals surface area (Å²) in [5, 5.41) is 34.7. The van der Waals surface area contributed by atoms with E-state index in [4.69, 9.17) is 37.7 Å². The predicted molar refractivity (Wildman–Crippen MR) is 477 cm³/mol. The minimum Gasteiger partial charge on any atom is -0.507 e. The number of carbonyl (C=O) groups excluding carboxylic acids is 3. The summed E-state index contributed by atoms with van der Waals surface area (Å²) in [7, 11) is 0. The monoisotopic (exact) mass is 1790 g/mol. The zero-order valence-electron chi connectivity index (χ0n) is 71.3. The summed E-state index contributed by atoms with van der Waals surface area (Å²) in [4.78, 5) is 131. The van der Waals surface area contributed by atoms with Crippen LogP contribution >= 0.6 is 23.2 Å². The molecule has 3 amide bonds. The largest absolute Gasteiger partial charge is 0.507 e. The molecule has 37 heteroatoms. The van der Waals surface area contributed by atoms with Crippen molar-refractivity contribution in [3.63, 3.8) is 0 Å². The predicted octanol–water partition coefficient (Wildman–Crippen LogP) is 13.3. The van der Waals surface area contributed by atoms with E-state index in [1.165, 1.54) is 74.4 Å². The molecule has 3 saturated heterocycles. The Kier molecular flexibility index (Phi) is 24.0. The van der Waals surface area contributed by atoms with E-state index in [1.807, 2.05) is 77.0 Å². The van der Waals surface area contributed by atoms with Crippen molar-refractivity contribution in [2.75, 3.05) is 92.1 Å². The molecule has 3 N–H and O–H groups in total. The number of phenols is 2. The number of nitriles is 1. The number of carbonyl (C=O) groups is 3. The number of piperazine rings is 3. The molecule has 30 nitrogen and oxygen atoms in total. The van der Waals surface area contributed by atoms with Crippen molar-refractivity contribution in [1.82, 2.24) is 73.3 Å². The minimum absolute atomic E-state index is 0.00461. The van der Waals surface area contributed by atoms with Crippen LogP contribution in [0.3, 0.4) is 0 Å². The van der Waals surface area contributed by atoms with E-state index in [2.05, 4.69) is 71.0 Å². The highest BCUT2D eigenvalue weighted by atomic mass is 35.5. The van der Waals surface area contributed by atoms with E-state index in [-0.39, 0.29) is 178 Å². The summed E-state index contributed by atoms with van der Waals surface area (Å²) in [5.41, 5.74) is 1.49. The van der Waals surface area contributed by atoms with Crippen LogP contribution in [0.2, 0.25) is 10.0 Å². The van der Waals surface area contributed by atoms with E-state index < -0.39 is 98.3 Å². The van der Waals surface area contributed by atoms with Crippen LogP contribution in [0.4, 0.5) is 45.1 Å². The molecule has 0 radical (unpaired) electrons. The fraction of sp³-hybridized carbons (Fsp3) is 0.304. The van der Waals surface area contributed by atoms with Crippen molar-refractivity contribution in [3.8, 4) is 79.9 Å². The Morgan fingerprint density at radius 2 is 0.946 bits per heavy atom. The molecule has 6 aliphatic heterocycles. The number of hydrogen-bond donors (Lipinski definition) is 3. The quantitative estimate of drug-likeness (QED) is 0.0713. The number of aryl methyl sites for hydroxylation is 3. The van der Waals surface area contributed by atoms with Crippen molar-refractivity contribution in [2.24, 2.45) is 0 Å². The van der Waals surface area contributed by atoms with Crippen molar-refractivity contribution >= 4 is 97.2 Å². The summed E-state index contributed by atoms with van der Waals surface area (Å²) in [5.74, 6) is -6.01. The lowest BCUT2D eigenvalue weighted by molar-refractivity contribution is -0.130. The summed E-state index contributed by atoms with van der Waals surface area (Å²) >= 11 is 13.5. The number of aromatic hydroxyl groups is 2. The van der Waals surface area contributed by atoms with Gasteiger partial charge in [-0.1, -0.05) is 103 Å². The van der Waals surface area contributed by atoms with Gasteiger partial charge in [-0.05, 0) is 128 Å². The number of phenolic OH excluding ortho intramolecular Hbond substituents is 2. The SMILES string of the molecule is C=CC(=O)N1CCN2c3nc(=O)n(-c4c(C)ccnc4C(C)C)c4nc(-c5c(F)cccc5Cl)c(Cl)c(c34)OCC2C1CC#N.C=CC(=O)N1CCN2c3nc(=O)n(-c4c(C)ccnc4C(C)C)c4nc(-c5c(O)cccc5F)c(F)c(c34)NCC2C1.C=CC(=O)N1CCN2c3nc(=O)n(-c4c(C)ccnc4C(C)C)c4nc(-c5c(O)cccc5F)c(F)c(c34)OCC2C1. The Morgan fingerprint density at radius 3 is 1.42 bits per heavy atom. The van der Waals surface area contributed by atoms with Crippen LogP contribution in [0.1, 0.15) is 99.5 Å². The van der Waals surface area contributed by atoms with Crippen molar-refractivity contribution in [1.29, 1.82) is 5.26 Å². The summed E-state index contributed by atoms with van der Waals surface area (Å²) in [6, 6.07) is 16.9. The topological polar surface area (TPSA) is 347 Å². The second-order valence-electron chi connectivity index (χ2n) is 32.6. The van der Waals surface area contributed by atoms with E-state index in [1.54, 1.807) is 51.5 Å². The van der Waals surface area contributed by atoms with Gasteiger partial charge in [0.05, 0.1) is 109 Å². The number of benzene rings is 3. The van der Waals surface area contributed by atoms with Gasteiger partial charge in [-0.15, -0.1) is 0 Å². The molecule has 9 aromatic heterocycles. The Balaban J connectivity index is 0.000000142. The molecule has 12 aromatic rings. The zero-order chi connectivity index (χ0) is 91.9. The third-order valence-corrected chi connectivity index (χ3v) is 24.5. The van der Waals surface area contributed by atoms with Crippen LogP contribution in [-0.2, 0) is 14.4 Å². The van der Waals surface area contributed by atoms with Gasteiger partial charge in [0.2, 0.25) is 17.7 Å². The molecule has 0 aliphatic carbocycles.